The number of methoxy groups -OCH3 is 1. The molecule has 1 aliphatic rings. The van der Waals surface area contributed by atoms with Crippen molar-refractivity contribution in [1.29, 1.82) is 0 Å². The molecule has 0 amide bonds. The predicted octanol–water partition coefficient (Wildman–Crippen LogP) is 1.15. The molecule has 1 aliphatic heterocycles. The van der Waals surface area contributed by atoms with Gasteiger partial charge in [-0.1, -0.05) is 12.5 Å². The summed E-state index contributed by atoms with van der Waals surface area (Å²) in [5, 5.41) is 10.3. The first-order chi connectivity index (χ1) is 10.1. The summed E-state index contributed by atoms with van der Waals surface area (Å²) in [6, 6.07) is 0. The second kappa shape index (κ2) is 10.00. The summed E-state index contributed by atoms with van der Waals surface area (Å²) in [4.78, 5) is 11.2. The maximum atomic E-state index is 11.2. The van der Waals surface area contributed by atoms with E-state index in [1.54, 1.807) is 0 Å². The Bertz CT molecular complexity index is 344. The number of carbonyl (C=O) groups excluding carboxylic acids is 1. The minimum Gasteiger partial charge on any atom is -0.464 e. The highest BCUT2D eigenvalue weighted by atomic mass is 35.5. The molecule has 0 aliphatic carbocycles. The molecule has 1 unspecified atom stereocenters. The van der Waals surface area contributed by atoms with Gasteiger partial charge in [0.05, 0.1) is 26.4 Å². The van der Waals surface area contributed by atoms with E-state index < -0.39 is 18.4 Å². The Morgan fingerprint density at radius 1 is 1.48 bits per heavy atom. The van der Waals surface area contributed by atoms with Crippen molar-refractivity contribution in [3.8, 4) is 0 Å². The van der Waals surface area contributed by atoms with E-state index in [2.05, 4.69) is 4.74 Å². The van der Waals surface area contributed by atoms with E-state index in [0.29, 0.717) is 19.1 Å². The van der Waals surface area contributed by atoms with Gasteiger partial charge in [-0.3, -0.25) is 0 Å². The third-order valence-corrected chi connectivity index (χ3v) is 3.68. The van der Waals surface area contributed by atoms with Crippen molar-refractivity contribution < 1.29 is 24.1 Å². The van der Waals surface area contributed by atoms with Gasteiger partial charge in [-0.25, -0.2) is 4.79 Å². The second-order valence-corrected chi connectivity index (χ2v) is 5.29. The molecule has 0 aromatic heterocycles. The average Bonchev–Trinajstić information content (AvgIpc) is 3.02. The van der Waals surface area contributed by atoms with Crippen molar-refractivity contribution in [2.75, 3.05) is 26.2 Å². The van der Waals surface area contributed by atoms with E-state index in [0.717, 1.165) is 19.3 Å². The van der Waals surface area contributed by atoms with E-state index >= 15 is 0 Å². The van der Waals surface area contributed by atoms with Crippen molar-refractivity contribution in [1.82, 2.24) is 0 Å². The molecular weight excluding hydrogens is 298 g/mol. The summed E-state index contributed by atoms with van der Waals surface area (Å²) in [6.07, 6.45) is 3.09. The molecular formula is C14H24ClNO5. The molecule has 7 heteroatoms. The summed E-state index contributed by atoms with van der Waals surface area (Å²) >= 11 is 5.68. The lowest BCUT2D eigenvalue weighted by atomic mass is 9.93. The van der Waals surface area contributed by atoms with E-state index in [-0.39, 0.29) is 18.0 Å². The topological polar surface area (TPSA) is 91.0 Å². The van der Waals surface area contributed by atoms with Crippen molar-refractivity contribution in [3.63, 3.8) is 0 Å². The number of aliphatic hydroxyl groups is 1. The minimum absolute atomic E-state index is 0.00989. The zero-order chi connectivity index (χ0) is 15.7. The third kappa shape index (κ3) is 6.22. The van der Waals surface area contributed by atoms with Crippen molar-refractivity contribution in [3.05, 3.63) is 11.8 Å². The second-order valence-electron chi connectivity index (χ2n) is 4.91. The van der Waals surface area contributed by atoms with Gasteiger partial charge < -0.3 is 25.1 Å². The highest BCUT2D eigenvalue weighted by Crippen LogP contribution is 2.26. The third-order valence-electron chi connectivity index (χ3n) is 3.41. The summed E-state index contributed by atoms with van der Waals surface area (Å²) in [5.41, 5.74) is 5.54. The van der Waals surface area contributed by atoms with Crippen LogP contribution in [0.25, 0.3) is 0 Å². The Labute approximate surface area is 130 Å². The zero-order valence-electron chi connectivity index (χ0n) is 12.3. The van der Waals surface area contributed by atoms with Gasteiger partial charge in [0.15, 0.2) is 6.29 Å². The molecule has 1 saturated heterocycles. The largest absolute Gasteiger partial charge is 0.464 e. The van der Waals surface area contributed by atoms with Crippen LogP contribution in [0.1, 0.15) is 25.7 Å². The van der Waals surface area contributed by atoms with Crippen molar-refractivity contribution in [2.24, 2.45) is 11.7 Å². The molecule has 0 bridgehead atoms. The SMILES string of the molecule is COC(=O)/C(N)=C/C[C@@H](O)C(CCCCCl)C1OCCO1. The highest BCUT2D eigenvalue weighted by molar-refractivity contribution is 6.17. The van der Waals surface area contributed by atoms with Gasteiger partial charge in [-0.2, -0.15) is 0 Å². The van der Waals surface area contributed by atoms with E-state index in [1.165, 1.54) is 13.2 Å². The molecule has 1 fully saturated rings. The number of hydrogen-bond acceptors (Lipinski definition) is 6. The first-order valence-corrected chi connectivity index (χ1v) is 7.64. The lowest BCUT2D eigenvalue weighted by Gasteiger charge is -2.26. The predicted molar refractivity (Wildman–Crippen MR) is 78.7 cm³/mol. The molecule has 0 aromatic rings. The molecule has 1 rings (SSSR count). The van der Waals surface area contributed by atoms with Crippen molar-refractivity contribution >= 4 is 17.6 Å². The standard InChI is InChI=1S/C14H24ClNO5/c1-19-13(18)11(16)5-6-12(17)10(4-2-3-7-15)14-20-8-9-21-14/h5,10,12,14,17H,2-4,6-9,16H2,1H3/b11-5-/t10?,12-/m1/s1. The summed E-state index contributed by atoms with van der Waals surface area (Å²) in [5.74, 6) is -0.184. The summed E-state index contributed by atoms with van der Waals surface area (Å²) in [6.45, 7) is 1.06. The Hall–Kier alpha value is -0.820. The highest BCUT2D eigenvalue weighted by Gasteiger charge is 2.31. The number of carbonyl (C=O) groups is 1. The number of esters is 1. The first kappa shape index (κ1) is 18.2. The van der Waals surface area contributed by atoms with Gasteiger partial charge in [0.2, 0.25) is 0 Å². The number of halogens is 1. The van der Waals surface area contributed by atoms with Crippen molar-refractivity contribution in [2.45, 2.75) is 38.1 Å². The Morgan fingerprint density at radius 2 is 2.14 bits per heavy atom. The monoisotopic (exact) mass is 321 g/mol. The first-order valence-electron chi connectivity index (χ1n) is 7.11. The maximum Gasteiger partial charge on any atom is 0.353 e. The molecule has 6 nitrogen and oxygen atoms in total. The molecule has 122 valence electrons. The number of unbranched alkanes of at least 4 members (excludes halogenated alkanes) is 1. The van der Waals surface area contributed by atoms with E-state index in [9.17, 15) is 9.90 Å². The molecule has 2 atom stereocenters. The molecule has 0 spiro atoms. The van der Waals surface area contributed by atoms with Crippen LogP contribution in [0.3, 0.4) is 0 Å². The smallest absolute Gasteiger partial charge is 0.353 e. The summed E-state index contributed by atoms with van der Waals surface area (Å²) in [7, 11) is 1.26. The number of hydrogen-bond donors (Lipinski definition) is 2. The fourth-order valence-corrected chi connectivity index (χ4v) is 2.42. The molecule has 0 aromatic carbocycles. The van der Waals surface area contributed by atoms with Gasteiger partial charge >= 0.3 is 5.97 Å². The lowest BCUT2D eigenvalue weighted by Crippen LogP contribution is -2.32. The summed E-state index contributed by atoms with van der Waals surface area (Å²) < 4.78 is 15.5. The molecule has 3 N–H and O–H groups in total. The zero-order valence-corrected chi connectivity index (χ0v) is 13.1. The Morgan fingerprint density at radius 3 is 2.71 bits per heavy atom. The molecule has 21 heavy (non-hydrogen) atoms. The van der Waals surface area contributed by atoms with Crippen LogP contribution in [0, 0.1) is 5.92 Å². The number of nitrogens with two attached hydrogens (primary N) is 1. The van der Waals surface area contributed by atoms with Gasteiger partial charge in [0.1, 0.15) is 5.70 Å². The fraction of sp³-hybridized carbons (Fsp3) is 0.786. The van der Waals surface area contributed by atoms with Crippen LogP contribution in [0.4, 0.5) is 0 Å². The minimum atomic E-state index is -0.702. The van der Waals surface area contributed by atoms with Crippen LogP contribution in [0.5, 0.6) is 0 Å². The van der Waals surface area contributed by atoms with Gasteiger partial charge in [0, 0.05) is 11.8 Å². The van der Waals surface area contributed by atoms with Crippen LogP contribution < -0.4 is 5.73 Å². The van der Waals surface area contributed by atoms with Crippen LogP contribution in [0.15, 0.2) is 11.8 Å². The van der Waals surface area contributed by atoms with E-state index in [1.807, 2.05) is 0 Å². The molecule has 1 heterocycles. The van der Waals surface area contributed by atoms with E-state index in [4.69, 9.17) is 26.8 Å². The number of rotatable bonds is 9. The molecule has 0 saturated carbocycles. The van der Waals surface area contributed by atoms with Gasteiger partial charge in [-0.15, -0.1) is 11.6 Å². The Kier molecular flexibility index (Phi) is 8.68. The average molecular weight is 322 g/mol. The lowest BCUT2D eigenvalue weighted by molar-refractivity contribution is -0.136. The van der Waals surface area contributed by atoms with Crippen LogP contribution in [0.2, 0.25) is 0 Å². The fourth-order valence-electron chi connectivity index (χ4n) is 2.23. The Balaban J connectivity index is 2.57. The van der Waals surface area contributed by atoms with Crippen LogP contribution in [-0.4, -0.2) is 49.7 Å². The normalized spacial score (nSPS) is 19.5. The maximum absolute atomic E-state index is 11.2. The van der Waals surface area contributed by atoms with Gasteiger partial charge in [0.25, 0.3) is 0 Å². The van der Waals surface area contributed by atoms with Crippen LogP contribution >= 0.6 is 11.6 Å². The van der Waals surface area contributed by atoms with Gasteiger partial charge in [-0.05, 0) is 19.3 Å². The number of aliphatic hydroxyl groups excluding tert-OH is 1. The molecule has 0 radical (unpaired) electrons. The quantitative estimate of drug-likeness (QED) is 0.286. The van der Waals surface area contributed by atoms with Crippen LogP contribution in [-0.2, 0) is 19.0 Å². The number of ether oxygens (including phenoxy) is 3. The number of alkyl halides is 1.